The van der Waals surface area contributed by atoms with Crippen molar-refractivity contribution in [3.63, 3.8) is 0 Å². The van der Waals surface area contributed by atoms with Crippen LogP contribution in [-0.2, 0) is 4.79 Å². The highest BCUT2D eigenvalue weighted by Crippen LogP contribution is 2.11. The van der Waals surface area contributed by atoms with Crippen molar-refractivity contribution in [1.29, 1.82) is 0 Å². The van der Waals surface area contributed by atoms with Crippen molar-refractivity contribution in [3.05, 3.63) is 12.2 Å². The summed E-state index contributed by atoms with van der Waals surface area (Å²) in [5.41, 5.74) is 0. The first-order chi connectivity index (χ1) is 3.84. The zero-order chi connectivity index (χ0) is 5.98. The molecular weight excluding hydrogens is 102 g/mol. The Hall–Kier alpha value is -0.790. The summed E-state index contributed by atoms with van der Waals surface area (Å²) in [4.78, 5) is 11.7. The molecule has 0 saturated carbocycles. The van der Waals surface area contributed by atoms with E-state index in [-0.39, 0.29) is 0 Å². The van der Waals surface area contributed by atoms with Gasteiger partial charge >= 0.3 is 0 Å². The summed E-state index contributed by atoms with van der Waals surface area (Å²) in [5, 5.41) is 0. The second-order valence-corrected chi connectivity index (χ2v) is 2.00. The molecule has 8 heavy (non-hydrogen) atoms. The number of rotatable bonds is 2. The molecule has 2 heteroatoms. The third-order valence-corrected chi connectivity index (χ3v) is 1.43. The van der Waals surface area contributed by atoms with E-state index >= 15 is 0 Å². The van der Waals surface area contributed by atoms with Gasteiger partial charge in [-0.2, -0.15) is 0 Å². The minimum atomic E-state index is 0.382. The fourth-order valence-electron chi connectivity index (χ4n) is 0.638. The minimum absolute atomic E-state index is 0.382. The topological polar surface area (TPSA) is 20.3 Å². The molecule has 0 radical (unpaired) electrons. The molecule has 1 unspecified atom stereocenters. The van der Waals surface area contributed by atoms with Crippen LogP contribution in [0.1, 0.15) is 6.42 Å². The van der Waals surface area contributed by atoms with Gasteiger partial charge in [-0.1, -0.05) is 12.2 Å². The van der Waals surface area contributed by atoms with Crippen LogP contribution in [0.25, 0.3) is 0 Å². The lowest BCUT2D eigenvalue weighted by molar-refractivity contribution is -0.118. The summed E-state index contributed by atoms with van der Waals surface area (Å²) in [6.45, 7) is 0. The maximum atomic E-state index is 10.0. The molecule has 0 aliphatic heterocycles. The van der Waals surface area contributed by atoms with Gasteiger partial charge in [0.2, 0.25) is 6.41 Å². The fraction of sp³-hybridized carbons (Fsp3) is 0.500. The maximum absolute atomic E-state index is 10.0. The van der Waals surface area contributed by atoms with Crippen LogP contribution in [-0.4, -0.2) is 24.4 Å². The summed E-state index contributed by atoms with van der Waals surface area (Å²) in [6, 6.07) is 0.382. The molecule has 0 bridgehead atoms. The van der Waals surface area contributed by atoms with Gasteiger partial charge in [-0.15, -0.1) is 0 Å². The smallest absolute Gasteiger partial charge is 0.209 e. The van der Waals surface area contributed by atoms with Crippen molar-refractivity contribution < 1.29 is 4.79 Å². The zero-order valence-electron chi connectivity index (χ0n) is 4.87. The first-order valence-electron chi connectivity index (χ1n) is 2.68. The molecule has 0 heterocycles. The summed E-state index contributed by atoms with van der Waals surface area (Å²) < 4.78 is 0. The number of carbonyl (C=O) groups excluding carboxylic acids is 1. The fourth-order valence-corrected chi connectivity index (χ4v) is 0.638. The molecule has 1 amide bonds. The highest BCUT2D eigenvalue weighted by molar-refractivity contribution is 5.48. The van der Waals surface area contributed by atoms with E-state index in [1.165, 1.54) is 0 Å². The van der Waals surface area contributed by atoms with Crippen LogP contribution in [0.5, 0.6) is 0 Å². The summed E-state index contributed by atoms with van der Waals surface area (Å²) >= 11 is 0. The Balaban J connectivity index is 2.35. The van der Waals surface area contributed by atoms with E-state index in [1.807, 2.05) is 6.08 Å². The van der Waals surface area contributed by atoms with Gasteiger partial charge in [-0.25, -0.2) is 0 Å². The van der Waals surface area contributed by atoms with E-state index in [0.717, 1.165) is 12.8 Å². The van der Waals surface area contributed by atoms with Crippen LogP contribution >= 0.6 is 0 Å². The Morgan fingerprint density at radius 2 is 2.50 bits per heavy atom. The first-order valence-corrected chi connectivity index (χ1v) is 2.68. The molecule has 2 nitrogen and oxygen atoms in total. The van der Waals surface area contributed by atoms with Gasteiger partial charge in [-0.05, 0) is 6.42 Å². The van der Waals surface area contributed by atoms with Crippen LogP contribution in [0.15, 0.2) is 12.2 Å². The molecule has 0 fully saturated rings. The molecule has 0 aromatic rings. The van der Waals surface area contributed by atoms with E-state index in [9.17, 15) is 4.79 Å². The molecule has 1 aliphatic rings. The van der Waals surface area contributed by atoms with Gasteiger partial charge in [0, 0.05) is 7.05 Å². The average molecular weight is 111 g/mol. The molecule has 0 saturated heterocycles. The molecule has 0 spiro atoms. The molecule has 44 valence electrons. The standard InChI is InChI=1S/C6H9NO/c1-7(5-8)6-3-2-4-6/h2-3,5-6H,4H2,1H3. The lowest BCUT2D eigenvalue weighted by Crippen LogP contribution is -2.31. The molecule has 1 rings (SSSR count). The molecule has 1 aliphatic carbocycles. The number of carbonyl (C=O) groups is 1. The van der Waals surface area contributed by atoms with Crippen LogP contribution in [0.4, 0.5) is 0 Å². The Bertz CT molecular complexity index is 120. The Morgan fingerprint density at radius 1 is 1.88 bits per heavy atom. The largest absolute Gasteiger partial charge is 0.342 e. The Labute approximate surface area is 48.8 Å². The van der Waals surface area contributed by atoms with E-state index in [2.05, 4.69) is 6.08 Å². The average Bonchev–Trinajstić information content (AvgIpc) is 1.62. The van der Waals surface area contributed by atoms with Crippen molar-refractivity contribution in [1.82, 2.24) is 4.90 Å². The maximum Gasteiger partial charge on any atom is 0.209 e. The minimum Gasteiger partial charge on any atom is -0.342 e. The number of amides is 1. The van der Waals surface area contributed by atoms with Crippen LogP contribution in [0.2, 0.25) is 0 Å². The summed E-state index contributed by atoms with van der Waals surface area (Å²) in [6.07, 6.45) is 5.96. The normalized spacial score (nSPS) is 24.4. The SMILES string of the molecule is CN(C=O)C1C=CC1. The predicted octanol–water partition coefficient (Wildman–Crippen LogP) is 0.403. The number of nitrogens with zero attached hydrogens (tertiary/aromatic N) is 1. The van der Waals surface area contributed by atoms with Gasteiger partial charge in [0.15, 0.2) is 0 Å². The van der Waals surface area contributed by atoms with Crippen molar-refractivity contribution in [2.75, 3.05) is 7.05 Å². The Kier molecular flexibility index (Phi) is 1.33. The molecule has 0 N–H and O–H groups in total. The zero-order valence-corrected chi connectivity index (χ0v) is 4.87. The van der Waals surface area contributed by atoms with Gasteiger partial charge in [-0.3, -0.25) is 4.79 Å². The predicted molar refractivity (Wildman–Crippen MR) is 31.4 cm³/mol. The first kappa shape index (κ1) is 5.35. The van der Waals surface area contributed by atoms with E-state index in [1.54, 1.807) is 11.9 Å². The second kappa shape index (κ2) is 1.99. The van der Waals surface area contributed by atoms with Gasteiger partial charge in [0.05, 0.1) is 6.04 Å². The monoisotopic (exact) mass is 111 g/mol. The molecule has 0 aromatic heterocycles. The van der Waals surface area contributed by atoms with E-state index in [4.69, 9.17) is 0 Å². The van der Waals surface area contributed by atoms with Crippen molar-refractivity contribution in [2.45, 2.75) is 12.5 Å². The molecular formula is C6H9NO. The van der Waals surface area contributed by atoms with Crippen LogP contribution in [0, 0.1) is 0 Å². The third-order valence-electron chi connectivity index (χ3n) is 1.43. The van der Waals surface area contributed by atoms with Gasteiger partial charge in [0.1, 0.15) is 0 Å². The number of hydrogen-bond acceptors (Lipinski definition) is 1. The number of likely N-dealkylation sites (N-methyl/N-ethyl adjacent to an activating group) is 1. The van der Waals surface area contributed by atoms with E-state index in [0.29, 0.717) is 6.04 Å². The van der Waals surface area contributed by atoms with Crippen LogP contribution < -0.4 is 0 Å². The summed E-state index contributed by atoms with van der Waals surface area (Å²) in [5.74, 6) is 0. The highest BCUT2D eigenvalue weighted by Gasteiger charge is 2.12. The lowest BCUT2D eigenvalue weighted by Gasteiger charge is -2.25. The van der Waals surface area contributed by atoms with Gasteiger partial charge < -0.3 is 4.90 Å². The van der Waals surface area contributed by atoms with Crippen molar-refractivity contribution in [2.24, 2.45) is 0 Å². The van der Waals surface area contributed by atoms with E-state index < -0.39 is 0 Å². The summed E-state index contributed by atoms with van der Waals surface area (Å²) in [7, 11) is 1.79. The van der Waals surface area contributed by atoms with Crippen LogP contribution in [0.3, 0.4) is 0 Å². The number of hydrogen-bond donors (Lipinski definition) is 0. The molecule has 1 atom stereocenters. The highest BCUT2D eigenvalue weighted by atomic mass is 16.1. The Morgan fingerprint density at radius 3 is 2.62 bits per heavy atom. The third kappa shape index (κ3) is 0.735. The quantitative estimate of drug-likeness (QED) is 0.373. The lowest BCUT2D eigenvalue weighted by atomic mass is 10.0. The van der Waals surface area contributed by atoms with Gasteiger partial charge in [0.25, 0.3) is 0 Å². The van der Waals surface area contributed by atoms with Crippen molar-refractivity contribution >= 4 is 6.41 Å². The van der Waals surface area contributed by atoms with Crippen molar-refractivity contribution in [3.8, 4) is 0 Å². The molecule has 0 aromatic carbocycles. The second-order valence-electron chi connectivity index (χ2n) is 2.00.